The fraction of sp³-hybridized carbons (Fsp3) is 0.579. The summed E-state index contributed by atoms with van der Waals surface area (Å²) in [5.41, 5.74) is 2.11. The Morgan fingerprint density at radius 3 is 2.62 bits per heavy atom. The topological polar surface area (TPSA) is 50.1 Å². The number of hydrogen-bond donors (Lipinski definition) is 0. The molecule has 142 valence electrons. The van der Waals surface area contributed by atoms with Crippen LogP contribution in [0.25, 0.3) is 5.65 Å². The number of rotatable bonds is 4. The third kappa shape index (κ3) is 3.87. The molecule has 2 aromatic heterocycles. The van der Waals surface area contributed by atoms with Crippen LogP contribution in [0.2, 0.25) is 5.02 Å². The molecular weight excluding hydrogens is 352 g/mol. The number of nitrogens with zero attached hydrogens (tertiary/aromatic N) is 4. The number of amides is 1. The highest BCUT2D eigenvalue weighted by molar-refractivity contribution is 6.30. The van der Waals surface area contributed by atoms with Gasteiger partial charge in [-0.3, -0.25) is 9.69 Å². The Morgan fingerprint density at radius 1 is 1.35 bits per heavy atom. The van der Waals surface area contributed by atoms with E-state index < -0.39 is 0 Å². The number of imidazole rings is 1. The molecule has 3 heterocycles. The lowest BCUT2D eigenvalue weighted by atomic mass is 10.2. The van der Waals surface area contributed by atoms with Crippen LogP contribution in [0.3, 0.4) is 0 Å². The van der Waals surface area contributed by atoms with Crippen LogP contribution in [0, 0.1) is 0 Å². The standard InChI is InChI=1S/C19H27ClN4O2/c1-12(2)22(5)11-16-18(21-17-7-6-15(20)10-24(16)17)19(25)23-8-13(3)26-14(4)9-23/h6-7,10,12-14H,8-9,11H2,1-5H3/t13-,14+. The molecule has 0 aromatic carbocycles. The van der Waals surface area contributed by atoms with Gasteiger partial charge in [-0.25, -0.2) is 4.98 Å². The Balaban J connectivity index is 2.02. The molecule has 0 N–H and O–H groups in total. The summed E-state index contributed by atoms with van der Waals surface area (Å²) in [7, 11) is 2.04. The van der Waals surface area contributed by atoms with Gasteiger partial charge in [0, 0.05) is 31.9 Å². The fourth-order valence-electron chi connectivity index (χ4n) is 3.30. The molecule has 1 fully saturated rings. The summed E-state index contributed by atoms with van der Waals surface area (Å²) in [6.07, 6.45) is 1.88. The van der Waals surface area contributed by atoms with Gasteiger partial charge in [-0.05, 0) is 46.9 Å². The first kappa shape index (κ1) is 19.1. The molecule has 0 bridgehead atoms. The molecule has 1 saturated heterocycles. The molecule has 1 amide bonds. The van der Waals surface area contributed by atoms with Crippen molar-refractivity contribution in [3.05, 3.63) is 34.7 Å². The first-order valence-electron chi connectivity index (χ1n) is 9.07. The van der Waals surface area contributed by atoms with Crippen molar-refractivity contribution in [3.63, 3.8) is 0 Å². The Hall–Kier alpha value is -1.63. The number of hydrogen-bond acceptors (Lipinski definition) is 4. The Labute approximate surface area is 159 Å². The van der Waals surface area contributed by atoms with Crippen LogP contribution in [0.15, 0.2) is 18.3 Å². The number of carbonyl (C=O) groups excluding carboxylic acids is 1. The molecule has 2 atom stereocenters. The smallest absolute Gasteiger partial charge is 0.274 e. The maximum Gasteiger partial charge on any atom is 0.274 e. The summed E-state index contributed by atoms with van der Waals surface area (Å²) in [5.74, 6) is -0.0426. The molecule has 26 heavy (non-hydrogen) atoms. The number of halogens is 1. The van der Waals surface area contributed by atoms with Gasteiger partial charge < -0.3 is 14.0 Å². The van der Waals surface area contributed by atoms with Crippen LogP contribution in [0.1, 0.15) is 43.9 Å². The molecule has 0 aliphatic carbocycles. The van der Waals surface area contributed by atoms with E-state index in [1.54, 1.807) is 6.07 Å². The van der Waals surface area contributed by atoms with Gasteiger partial charge in [0.25, 0.3) is 5.91 Å². The van der Waals surface area contributed by atoms with E-state index in [2.05, 4.69) is 23.7 Å². The van der Waals surface area contributed by atoms with Crippen LogP contribution < -0.4 is 0 Å². The molecule has 0 spiro atoms. The average Bonchev–Trinajstić information content (AvgIpc) is 2.91. The fourth-order valence-corrected chi connectivity index (χ4v) is 3.46. The van der Waals surface area contributed by atoms with Crippen molar-refractivity contribution in [1.82, 2.24) is 19.2 Å². The molecule has 6 nitrogen and oxygen atoms in total. The van der Waals surface area contributed by atoms with E-state index >= 15 is 0 Å². The zero-order valence-electron chi connectivity index (χ0n) is 16.1. The summed E-state index contributed by atoms with van der Waals surface area (Å²) in [4.78, 5) is 21.9. The van der Waals surface area contributed by atoms with Crippen molar-refractivity contribution in [2.45, 2.75) is 52.5 Å². The van der Waals surface area contributed by atoms with Crippen molar-refractivity contribution >= 4 is 23.2 Å². The minimum Gasteiger partial charge on any atom is -0.372 e. The largest absolute Gasteiger partial charge is 0.372 e. The van der Waals surface area contributed by atoms with Crippen LogP contribution >= 0.6 is 11.6 Å². The van der Waals surface area contributed by atoms with Gasteiger partial charge in [0.1, 0.15) is 5.65 Å². The lowest BCUT2D eigenvalue weighted by molar-refractivity contribution is -0.0587. The highest BCUT2D eigenvalue weighted by Gasteiger charge is 2.30. The molecule has 3 rings (SSSR count). The third-order valence-corrected chi connectivity index (χ3v) is 5.10. The lowest BCUT2D eigenvalue weighted by Gasteiger charge is -2.35. The Kier molecular flexibility index (Phi) is 5.55. The normalized spacial score (nSPS) is 21.2. The number of aromatic nitrogens is 2. The van der Waals surface area contributed by atoms with Crippen molar-refractivity contribution in [1.29, 1.82) is 0 Å². The summed E-state index contributed by atoms with van der Waals surface area (Å²) < 4.78 is 7.69. The van der Waals surface area contributed by atoms with E-state index in [0.29, 0.717) is 36.4 Å². The highest BCUT2D eigenvalue weighted by atomic mass is 35.5. The lowest BCUT2D eigenvalue weighted by Crippen LogP contribution is -2.48. The minimum atomic E-state index is -0.0426. The molecule has 0 saturated carbocycles. The van der Waals surface area contributed by atoms with Crippen LogP contribution in [-0.4, -0.2) is 63.5 Å². The van der Waals surface area contributed by atoms with Gasteiger partial charge in [-0.15, -0.1) is 0 Å². The van der Waals surface area contributed by atoms with Gasteiger partial charge in [0.2, 0.25) is 0 Å². The maximum absolute atomic E-state index is 13.3. The predicted molar refractivity (Wildman–Crippen MR) is 103 cm³/mol. The van der Waals surface area contributed by atoms with Crippen molar-refractivity contribution in [2.75, 3.05) is 20.1 Å². The Bertz CT molecular complexity index is 794. The van der Waals surface area contributed by atoms with E-state index in [1.807, 2.05) is 42.5 Å². The van der Waals surface area contributed by atoms with E-state index in [0.717, 1.165) is 11.3 Å². The first-order chi connectivity index (χ1) is 12.3. The number of morpholine rings is 1. The number of fused-ring (bicyclic) bond motifs is 1. The van der Waals surface area contributed by atoms with Crippen molar-refractivity contribution in [3.8, 4) is 0 Å². The summed E-state index contributed by atoms with van der Waals surface area (Å²) in [5, 5.41) is 0.621. The van der Waals surface area contributed by atoms with Gasteiger partial charge in [0.05, 0.1) is 22.9 Å². The second-order valence-electron chi connectivity index (χ2n) is 7.46. The summed E-state index contributed by atoms with van der Waals surface area (Å²) in [6, 6.07) is 4.00. The average molecular weight is 379 g/mol. The van der Waals surface area contributed by atoms with Crippen LogP contribution in [-0.2, 0) is 11.3 Å². The van der Waals surface area contributed by atoms with Crippen LogP contribution in [0.5, 0.6) is 0 Å². The van der Waals surface area contributed by atoms with Gasteiger partial charge in [0.15, 0.2) is 5.69 Å². The molecule has 7 heteroatoms. The highest BCUT2D eigenvalue weighted by Crippen LogP contribution is 2.22. The van der Waals surface area contributed by atoms with Gasteiger partial charge in [-0.2, -0.15) is 0 Å². The molecule has 0 unspecified atom stereocenters. The second-order valence-corrected chi connectivity index (χ2v) is 7.90. The Morgan fingerprint density at radius 2 is 2.00 bits per heavy atom. The monoisotopic (exact) mass is 378 g/mol. The van der Waals surface area contributed by atoms with Crippen molar-refractivity contribution < 1.29 is 9.53 Å². The minimum absolute atomic E-state index is 0.0240. The quantitative estimate of drug-likeness (QED) is 0.820. The zero-order chi connectivity index (χ0) is 19.0. The zero-order valence-corrected chi connectivity index (χ0v) is 16.8. The van der Waals surface area contributed by atoms with E-state index in [9.17, 15) is 4.79 Å². The van der Waals surface area contributed by atoms with E-state index in [-0.39, 0.29) is 18.1 Å². The SMILES string of the molecule is CC(C)N(C)Cc1c(C(=O)N2C[C@@H](C)O[C@@H](C)C2)nc2ccc(Cl)cn12. The predicted octanol–water partition coefficient (Wildman–Crippen LogP) is 3.08. The summed E-state index contributed by atoms with van der Waals surface area (Å²) >= 11 is 6.19. The molecule has 1 aliphatic rings. The van der Waals surface area contributed by atoms with Crippen LogP contribution in [0.4, 0.5) is 0 Å². The molecule has 0 radical (unpaired) electrons. The molecule has 2 aromatic rings. The summed E-state index contributed by atoms with van der Waals surface area (Å²) in [6.45, 7) is 10.0. The van der Waals surface area contributed by atoms with Gasteiger partial charge in [-0.1, -0.05) is 11.6 Å². The number of ether oxygens (including phenoxy) is 1. The first-order valence-corrected chi connectivity index (χ1v) is 9.45. The number of pyridine rings is 1. The number of carbonyl (C=O) groups is 1. The molecule has 1 aliphatic heterocycles. The maximum atomic E-state index is 13.3. The van der Waals surface area contributed by atoms with E-state index in [1.165, 1.54) is 0 Å². The second kappa shape index (κ2) is 7.55. The molecular formula is C19H27ClN4O2. The van der Waals surface area contributed by atoms with Crippen molar-refractivity contribution in [2.24, 2.45) is 0 Å². The third-order valence-electron chi connectivity index (χ3n) is 4.87. The van der Waals surface area contributed by atoms with E-state index in [4.69, 9.17) is 16.3 Å². The van der Waals surface area contributed by atoms with Gasteiger partial charge >= 0.3 is 0 Å².